The van der Waals surface area contributed by atoms with Crippen LogP contribution in [-0.2, 0) is 53.5 Å². The van der Waals surface area contributed by atoms with Gasteiger partial charge in [0.15, 0.2) is 6.10 Å². The number of phenolic OH excluding ortho intramolecular Hbond substituents is 2. The lowest BCUT2D eigenvalue weighted by Crippen LogP contribution is -2.63. The molecule has 434 valence electrons. The number of aromatic hydroxyl groups is 2. The van der Waals surface area contributed by atoms with Gasteiger partial charge < -0.3 is 79.0 Å². The Balaban J connectivity index is 0.828. The van der Waals surface area contributed by atoms with Crippen molar-refractivity contribution < 1.29 is 69.0 Å². The molecule has 4 aromatic carbocycles. The molecule has 1 unspecified atom stereocenters. The Hall–Kier alpha value is -5.46. The van der Waals surface area contributed by atoms with Crippen molar-refractivity contribution in [1.29, 1.82) is 0 Å². The first-order chi connectivity index (χ1) is 38.1. The number of ether oxygens (including phenoxy) is 5. The van der Waals surface area contributed by atoms with Crippen molar-refractivity contribution in [2.24, 2.45) is 0 Å². The van der Waals surface area contributed by atoms with Gasteiger partial charge in [0.2, 0.25) is 12.6 Å². The number of benzene rings is 4. The van der Waals surface area contributed by atoms with Crippen molar-refractivity contribution in [3.05, 3.63) is 116 Å². The van der Waals surface area contributed by atoms with Crippen LogP contribution in [-0.4, -0.2) is 205 Å². The van der Waals surface area contributed by atoms with Gasteiger partial charge in [-0.05, 0) is 96.4 Å². The fourth-order valence-electron chi connectivity index (χ4n) is 11.9. The third-order valence-corrected chi connectivity index (χ3v) is 16.9. The van der Waals surface area contributed by atoms with Crippen LogP contribution in [0.15, 0.2) is 60.7 Å². The Bertz CT molecular complexity index is 2900. The summed E-state index contributed by atoms with van der Waals surface area (Å²) in [5.41, 5.74) is 7.67. The van der Waals surface area contributed by atoms with E-state index in [0.29, 0.717) is 50.4 Å². The molecule has 2 amide bonds. The number of aliphatic hydroxyl groups is 5. The highest BCUT2D eigenvalue weighted by molar-refractivity contribution is 5.98. The van der Waals surface area contributed by atoms with Crippen molar-refractivity contribution in [3.63, 3.8) is 0 Å². The zero-order valence-corrected chi connectivity index (χ0v) is 47.1. The molecule has 7 N–H and O–H groups in total. The van der Waals surface area contributed by atoms with Gasteiger partial charge in [0, 0.05) is 97.2 Å². The highest BCUT2D eigenvalue weighted by Gasteiger charge is 2.48. The molecule has 0 radical (unpaired) electrons. The van der Waals surface area contributed by atoms with Crippen LogP contribution in [0.2, 0.25) is 0 Å². The SMILES string of the molecule is CC(C)c1cc(C(=O)N2Cc3ccc(CN4CCN(C)CC4O[C@@H]4[C@H](Oc5cc(O)c(C(=O)N6Cc7ccc(CN8CCN(C)CC8)cc7C6)cc5C(C)C)O[C@@H](C)[C@@H](O)[C@H]4O)cc3C2)c(O[C@@H]2O[C@@H](C)[C@@H](O)[C@@H](O)[C@@H]2O)cc1O. The average Bonchev–Trinajstić information content (AvgIpc) is 4.06. The molecule has 0 aliphatic carbocycles. The predicted molar refractivity (Wildman–Crippen MR) is 294 cm³/mol. The second kappa shape index (κ2) is 23.8. The largest absolute Gasteiger partial charge is 0.508 e. The number of hydrogen-bond donors (Lipinski definition) is 7. The average molecular weight is 1110 g/mol. The van der Waals surface area contributed by atoms with Crippen LogP contribution < -0.4 is 9.47 Å². The quantitative estimate of drug-likeness (QED) is 0.0954. The van der Waals surface area contributed by atoms with Crippen molar-refractivity contribution in [2.75, 3.05) is 59.9 Å². The molecule has 6 heterocycles. The first kappa shape index (κ1) is 57.8. The van der Waals surface area contributed by atoms with E-state index in [0.717, 1.165) is 67.1 Å². The minimum atomic E-state index is -1.63. The molecule has 20 heteroatoms. The number of fused-ring (bicyclic) bond motifs is 2. The summed E-state index contributed by atoms with van der Waals surface area (Å²) in [4.78, 5) is 41.3. The smallest absolute Gasteiger partial charge is 0.258 e. The van der Waals surface area contributed by atoms with E-state index in [-0.39, 0.29) is 64.3 Å². The Morgan fingerprint density at radius 3 is 1.71 bits per heavy atom. The lowest BCUT2D eigenvalue weighted by atomic mass is 9.97. The topological polar surface area (TPSA) is 241 Å². The number of piperazine rings is 2. The van der Waals surface area contributed by atoms with Gasteiger partial charge in [-0.2, -0.15) is 0 Å². The van der Waals surface area contributed by atoms with Crippen LogP contribution in [0.3, 0.4) is 0 Å². The molecular formula is C60H80N6O14. The van der Waals surface area contributed by atoms with E-state index >= 15 is 0 Å². The van der Waals surface area contributed by atoms with Crippen LogP contribution >= 0.6 is 0 Å². The molecule has 4 fully saturated rings. The summed E-state index contributed by atoms with van der Waals surface area (Å²) in [5, 5.41) is 77.1. The Morgan fingerprint density at radius 2 is 1.09 bits per heavy atom. The van der Waals surface area contributed by atoms with Gasteiger partial charge in [-0.3, -0.25) is 19.4 Å². The maximum atomic E-state index is 14.5. The summed E-state index contributed by atoms with van der Waals surface area (Å²) in [6, 6.07) is 18.5. The number of likely N-dealkylation sites (N-methyl/N-ethyl adjacent to an activating group) is 2. The van der Waals surface area contributed by atoms with Crippen LogP contribution in [0.5, 0.6) is 23.0 Å². The van der Waals surface area contributed by atoms with Crippen LogP contribution in [0.1, 0.15) is 119 Å². The summed E-state index contributed by atoms with van der Waals surface area (Å²) in [6.07, 6.45) is -13.5. The van der Waals surface area contributed by atoms with Crippen molar-refractivity contribution in [1.82, 2.24) is 29.4 Å². The standard InChI is InChI=1S/C60H80N6O14/c1-32(2)42-21-45(49(23-46(42)67)78-59-55(73)53(71)51(69)34(5)76-59)58(75)66-28-39-12-10-37(20-41(39)30-66)26-64-18-15-62(8)31-50(64)80-56-54(72)52(70)35(6)77-60(56)79-48-24-47(68)44(22-43(48)33(3)4)57(74)65-27-38-11-9-36(19-40(38)29-65)25-63-16-13-61(7)14-17-63/h9-12,19-24,32-35,50-56,59-60,67-73H,13-18,25-31H2,1-8H3/t34-,35-,50?,51+,52+,53+,54+,55-,56-,59-,60-/m0/s1. The number of phenols is 2. The van der Waals surface area contributed by atoms with Gasteiger partial charge in [-0.15, -0.1) is 0 Å². The number of hydrogen-bond acceptors (Lipinski definition) is 18. The number of carbonyl (C=O) groups is 2. The molecule has 20 nitrogen and oxygen atoms in total. The highest BCUT2D eigenvalue weighted by Crippen LogP contribution is 2.40. The number of nitrogens with zero attached hydrogens (tertiary/aromatic N) is 6. The molecule has 4 saturated heterocycles. The number of aliphatic hydroxyl groups excluding tert-OH is 5. The van der Waals surface area contributed by atoms with E-state index in [9.17, 15) is 45.3 Å². The molecule has 10 rings (SSSR count). The zero-order chi connectivity index (χ0) is 57.0. The molecule has 0 aromatic heterocycles. The lowest BCUT2D eigenvalue weighted by molar-refractivity contribution is -0.301. The summed E-state index contributed by atoms with van der Waals surface area (Å²) in [6.45, 7) is 19.4. The van der Waals surface area contributed by atoms with Crippen LogP contribution in [0, 0.1) is 0 Å². The molecule has 6 aliphatic rings. The number of amides is 2. The van der Waals surface area contributed by atoms with Gasteiger partial charge in [0.25, 0.3) is 11.8 Å². The van der Waals surface area contributed by atoms with Crippen molar-refractivity contribution >= 4 is 11.8 Å². The van der Waals surface area contributed by atoms with E-state index in [2.05, 4.69) is 50.9 Å². The van der Waals surface area contributed by atoms with Gasteiger partial charge in [-0.1, -0.05) is 64.1 Å². The van der Waals surface area contributed by atoms with E-state index in [1.165, 1.54) is 24.6 Å². The second-order valence-electron chi connectivity index (χ2n) is 23.6. The third-order valence-electron chi connectivity index (χ3n) is 16.9. The monoisotopic (exact) mass is 1110 g/mol. The minimum absolute atomic E-state index is 0.0456. The number of rotatable bonds is 14. The lowest BCUT2D eigenvalue weighted by Gasteiger charge is -2.46. The summed E-state index contributed by atoms with van der Waals surface area (Å²) < 4.78 is 31.5. The van der Waals surface area contributed by atoms with Crippen LogP contribution in [0.4, 0.5) is 0 Å². The maximum absolute atomic E-state index is 14.5. The zero-order valence-electron chi connectivity index (χ0n) is 47.1. The number of carbonyl (C=O) groups excluding carboxylic acids is 2. The Kier molecular flexibility index (Phi) is 17.2. The van der Waals surface area contributed by atoms with E-state index in [1.807, 2.05) is 46.9 Å². The van der Waals surface area contributed by atoms with Crippen LogP contribution in [0.25, 0.3) is 0 Å². The minimum Gasteiger partial charge on any atom is -0.508 e. The molecule has 0 saturated carbocycles. The normalized spacial score (nSPS) is 28.9. The Labute approximate surface area is 468 Å². The molecule has 11 atom stereocenters. The van der Waals surface area contributed by atoms with E-state index in [1.54, 1.807) is 28.9 Å². The fraction of sp³-hybridized carbons (Fsp3) is 0.567. The van der Waals surface area contributed by atoms with E-state index in [4.69, 9.17) is 23.7 Å². The predicted octanol–water partition coefficient (Wildman–Crippen LogP) is 3.61. The molecule has 6 aliphatic heterocycles. The second-order valence-corrected chi connectivity index (χ2v) is 23.6. The Morgan fingerprint density at radius 1 is 0.562 bits per heavy atom. The first-order valence-corrected chi connectivity index (χ1v) is 28.2. The first-order valence-electron chi connectivity index (χ1n) is 28.2. The van der Waals surface area contributed by atoms with Crippen molar-refractivity contribution in [3.8, 4) is 23.0 Å². The van der Waals surface area contributed by atoms with Gasteiger partial charge in [-0.25, -0.2) is 0 Å². The summed E-state index contributed by atoms with van der Waals surface area (Å²) in [5.74, 6) is -1.15. The summed E-state index contributed by atoms with van der Waals surface area (Å²) in [7, 11) is 4.13. The molecular weight excluding hydrogens is 1030 g/mol. The molecule has 0 spiro atoms. The van der Waals surface area contributed by atoms with Gasteiger partial charge >= 0.3 is 0 Å². The maximum Gasteiger partial charge on any atom is 0.258 e. The van der Waals surface area contributed by atoms with Gasteiger partial charge in [0.05, 0.1) is 23.3 Å². The van der Waals surface area contributed by atoms with Gasteiger partial charge in [0.1, 0.15) is 59.7 Å². The van der Waals surface area contributed by atoms with Crippen molar-refractivity contribution in [2.45, 2.75) is 160 Å². The third kappa shape index (κ3) is 12.0. The highest BCUT2D eigenvalue weighted by atomic mass is 16.7. The molecule has 4 aromatic rings. The fourth-order valence-corrected chi connectivity index (χ4v) is 11.9. The summed E-state index contributed by atoms with van der Waals surface area (Å²) >= 11 is 0. The molecule has 80 heavy (non-hydrogen) atoms. The van der Waals surface area contributed by atoms with E-state index < -0.39 is 67.6 Å². The molecule has 0 bridgehead atoms.